The molecule has 0 bridgehead atoms. The van der Waals surface area contributed by atoms with E-state index in [2.05, 4.69) is 41.8 Å². The highest BCUT2D eigenvalue weighted by molar-refractivity contribution is 5.28. The lowest BCUT2D eigenvalue weighted by Crippen LogP contribution is -2.30. The highest BCUT2D eigenvalue weighted by atomic mass is 16.5. The molecule has 4 nitrogen and oxygen atoms in total. The zero-order valence-electron chi connectivity index (χ0n) is 11.0. The quantitative estimate of drug-likeness (QED) is 0.808. The molecule has 1 rings (SSSR count). The molecule has 1 heterocycles. The first kappa shape index (κ1) is 13.0. The van der Waals surface area contributed by atoms with Crippen molar-refractivity contribution in [2.45, 2.75) is 46.8 Å². The average molecular weight is 225 g/mol. The van der Waals surface area contributed by atoms with E-state index in [1.165, 1.54) is 0 Å². The summed E-state index contributed by atoms with van der Waals surface area (Å²) in [6.45, 7) is 12.7. The average Bonchev–Trinajstić information content (AvgIpc) is 2.46. The Balaban J connectivity index is 2.78. The summed E-state index contributed by atoms with van der Waals surface area (Å²) < 4.78 is 7.82. The minimum atomic E-state index is -0.161. The molecule has 0 spiro atoms. The van der Waals surface area contributed by atoms with Crippen LogP contribution in [0.25, 0.3) is 0 Å². The Hall–Kier alpha value is -1.03. The van der Waals surface area contributed by atoms with Gasteiger partial charge in [0.1, 0.15) is 0 Å². The fourth-order valence-electron chi connectivity index (χ4n) is 1.81. The van der Waals surface area contributed by atoms with E-state index in [1.807, 2.05) is 13.8 Å². The van der Waals surface area contributed by atoms with Gasteiger partial charge < -0.3 is 14.6 Å². The second-order valence-electron chi connectivity index (χ2n) is 4.56. The molecule has 0 radical (unpaired) electrons. The standard InChI is InChI=1S/C12H23N3O/c1-6-13-11-14-10(3)8-15(11)9-12(4,5)16-7-2/h8H,6-7,9H2,1-5H3,(H,13,14). The van der Waals surface area contributed by atoms with Gasteiger partial charge in [-0.15, -0.1) is 0 Å². The van der Waals surface area contributed by atoms with Crippen LogP contribution in [0, 0.1) is 6.92 Å². The maximum atomic E-state index is 5.70. The van der Waals surface area contributed by atoms with E-state index in [1.54, 1.807) is 0 Å². The van der Waals surface area contributed by atoms with Gasteiger partial charge in [-0.2, -0.15) is 0 Å². The number of imidazole rings is 1. The molecule has 1 aromatic heterocycles. The number of aromatic nitrogens is 2. The Kier molecular flexibility index (Phi) is 4.35. The van der Waals surface area contributed by atoms with E-state index in [0.717, 1.165) is 31.3 Å². The predicted molar refractivity (Wildman–Crippen MR) is 66.8 cm³/mol. The van der Waals surface area contributed by atoms with Crippen LogP contribution in [-0.2, 0) is 11.3 Å². The van der Waals surface area contributed by atoms with Gasteiger partial charge in [0, 0.05) is 19.3 Å². The maximum Gasteiger partial charge on any atom is 0.203 e. The molecule has 0 saturated carbocycles. The van der Waals surface area contributed by atoms with Crippen LogP contribution >= 0.6 is 0 Å². The molecule has 0 aliphatic heterocycles. The van der Waals surface area contributed by atoms with Crippen LogP contribution in [0.5, 0.6) is 0 Å². The first-order valence-electron chi connectivity index (χ1n) is 5.90. The molecule has 0 amide bonds. The van der Waals surface area contributed by atoms with Gasteiger partial charge in [-0.3, -0.25) is 0 Å². The largest absolute Gasteiger partial charge is 0.374 e. The van der Waals surface area contributed by atoms with E-state index in [0.29, 0.717) is 0 Å². The summed E-state index contributed by atoms with van der Waals surface area (Å²) in [4.78, 5) is 4.44. The Labute approximate surface area is 98.0 Å². The van der Waals surface area contributed by atoms with Crippen molar-refractivity contribution in [3.8, 4) is 0 Å². The fourth-order valence-corrected chi connectivity index (χ4v) is 1.81. The Morgan fingerprint density at radius 3 is 2.69 bits per heavy atom. The van der Waals surface area contributed by atoms with Crippen LogP contribution in [0.2, 0.25) is 0 Å². The van der Waals surface area contributed by atoms with Crippen molar-refractivity contribution in [1.29, 1.82) is 0 Å². The van der Waals surface area contributed by atoms with Crippen LogP contribution in [0.3, 0.4) is 0 Å². The molecule has 92 valence electrons. The van der Waals surface area contributed by atoms with Gasteiger partial charge in [-0.1, -0.05) is 0 Å². The van der Waals surface area contributed by atoms with E-state index in [4.69, 9.17) is 4.74 Å². The second-order valence-corrected chi connectivity index (χ2v) is 4.56. The normalized spacial score (nSPS) is 11.8. The highest BCUT2D eigenvalue weighted by Gasteiger charge is 2.20. The highest BCUT2D eigenvalue weighted by Crippen LogP contribution is 2.17. The van der Waals surface area contributed by atoms with Gasteiger partial charge in [0.15, 0.2) is 0 Å². The lowest BCUT2D eigenvalue weighted by Gasteiger charge is -2.25. The van der Waals surface area contributed by atoms with Crippen molar-refractivity contribution in [3.63, 3.8) is 0 Å². The zero-order valence-corrected chi connectivity index (χ0v) is 11.0. The number of nitrogens with zero attached hydrogens (tertiary/aromatic N) is 2. The molecule has 0 aromatic carbocycles. The third-order valence-corrected chi connectivity index (χ3v) is 2.32. The minimum absolute atomic E-state index is 0.161. The van der Waals surface area contributed by atoms with Crippen molar-refractivity contribution in [3.05, 3.63) is 11.9 Å². The molecule has 16 heavy (non-hydrogen) atoms. The Morgan fingerprint density at radius 1 is 1.44 bits per heavy atom. The summed E-state index contributed by atoms with van der Waals surface area (Å²) in [5.74, 6) is 0.924. The SMILES string of the molecule is CCNc1nc(C)cn1CC(C)(C)OCC. The van der Waals surface area contributed by atoms with Crippen molar-refractivity contribution < 1.29 is 4.74 Å². The maximum absolute atomic E-state index is 5.70. The van der Waals surface area contributed by atoms with Crippen LogP contribution in [0.4, 0.5) is 5.95 Å². The number of hydrogen-bond donors (Lipinski definition) is 1. The van der Waals surface area contributed by atoms with Crippen LogP contribution < -0.4 is 5.32 Å². The number of hydrogen-bond acceptors (Lipinski definition) is 3. The lowest BCUT2D eigenvalue weighted by atomic mass is 10.1. The number of rotatable bonds is 6. The first-order chi connectivity index (χ1) is 7.48. The third-order valence-electron chi connectivity index (χ3n) is 2.32. The minimum Gasteiger partial charge on any atom is -0.374 e. The van der Waals surface area contributed by atoms with Gasteiger partial charge >= 0.3 is 0 Å². The summed E-state index contributed by atoms with van der Waals surface area (Å²) in [5, 5.41) is 3.26. The lowest BCUT2D eigenvalue weighted by molar-refractivity contribution is -0.0220. The molecule has 0 atom stereocenters. The molecule has 0 unspecified atom stereocenters. The number of aryl methyl sites for hydroxylation is 1. The molecule has 4 heteroatoms. The Bertz CT molecular complexity index is 331. The third kappa shape index (κ3) is 3.52. The van der Waals surface area contributed by atoms with E-state index in [9.17, 15) is 0 Å². The molecule has 1 aromatic rings. The number of nitrogens with one attached hydrogen (secondary N) is 1. The fraction of sp³-hybridized carbons (Fsp3) is 0.750. The summed E-state index contributed by atoms with van der Waals surface area (Å²) in [6.07, 6.45) is 2.05. The number of ether oxygens (including phenoxy) is 1. The molecular formula is C12H23N3O. The van der Waals surface area contributed by atoms with E-state index in [-0.39, 0.29) is 5.60 Å². The van der Waals surface area contributed by atoms with Crippen LogP contribution in [0.1, 0.15) is 33.4 Å². The molecule has 0 saturated heterocycles. The molecule has 0 fully saturated rings. The van der Waals surface area contributed by atoms with Gasteiger partial charge in [-0.25, -0.2) is 4.98 Å². The second kappa shape index (κ2) is 5.34. The van der Waals surface area contributed by atoms with Gasteiger partial charge in [0.05, 0.1) is 17.8 Å². The van der Waals surface area contributed by atoms with Crippen molar-refractivity contribution in [2.75, 3.05) is 18.5 Å². The van der Waals surface area contributed by atoms with Gasteiger partial charge in [0.2, 0.25) is 5.95 Å². The summed E-state index contributed by atoms with van der Waals surface area (Å²) in [7, 11) is 0. The monoisotopic (exact) mass is 225 g/mol. The Morgan fingerprint density at radius 2 is 2.12 bits per heavy atom. The smallest absolute Gasteiger partial charge is 0.203 e. The summed E-state index contributed by atoms with van der Waals surface area (Å²) in [6, 6.07) is 0. The number of anilines is 1. The van der Waals surface area contributed by atoms with Gasteiger partial charge in [0.25, 0.3) is 0 Å². The summed E-state index contributed by atoms with van der Waals surface area (Å²) >= 11 is 0. The molecule has 0 aliphatic carbocycles. The molecular weight excluding hydrogens is 202 g/mol. The molecule has 1 N–H and O–H groups in total. The van der Waals surface area contributed by atoms with Gasteiger partial charge in [-0.05, 0) is 34.6 Å². The zero-order chi connectivity index (χ0) is 12.2. The predicted octanol–water partition coefficient (Wildman–Crippen LogP) is 2.44. The topological polar surface area (TPSA) is 39.1 Å². The van der Waals surface area contributed by atoms with Crippen molar-refractivity contribution in [1.82, 2.24) is 9.55 Å². The first-order valence-corrected chi connectivity index (χ1v) is 5.90. The van der Waals surface area contributed by atoms with Crippen molar-refractivity contribution >= 4 is 5.95 Å². The molecule has 0 aliphatic rings. The van der Waals surface area contributed by atoms with Crippen LogP contribution in [-0.4, -0.2) is 28.3 Å². The van der Waals surface area contributed by atoms with Crippen LogP contribution in [0.15, 0.2) is 6.20 Å². The van der Waals surface area contributed by atoms with Crippen molar-refractivity contribution in [2.24, 2.45) is 0 Å². The summed E-state index contributed by atoms with van der Waals surface area (Å²) in [5.41, 5.74) is 0.870. The van der Waals surface area contributed by atoms with E-state index < -0.39 is 0 Å². The van der Waals surface area contributed by atoms with E-state index >= 15 is 0 Å².